The van der Waals surface area contributed by atoms with E-state index in [2.05, 4.69) is 21.9 Å². The Morgan fingerprint density at radius 1 is 1.36 bits per heavy atom. The second-order valence-electron chi connectivity index (χ2n) is 2.52. The van der Waals surface area contributed by atoms with Gasteiger partial charge in [0.15, 0.2) is 0 Å². The average Bonchev–Trinajstić information content (AvgIpc) is 2.25. The smallest absolute Gasteiger partial charge is 0.0880 e. The number of azide groups is 1. The molecule has 14 heavy (non-hydrogen) atoms. The van der Waals surface area contributed by atoms with Gasteiger partial charge < -0.3 is 0 Å². The lowest BCUT2D eigenvalue weighted by atomic mass is 10.1. The Bertz CT molecular complexity index is 394. The minimum Gasteiger partial charge on any atom is -0.122 e. The Kier molecular flexibility index (Phi) is 4.43. The van der Waals surface area contributed by atoms with Crippen molar-refractivity contribution >= 4 is 11.6 Å². The summed E-state index contributed by atoms with van der Waals surface area (Å²) in [7, 11) is 0. The summed E-state index contributed by atoms with van der Waals surface area (Å²) < 4.78 is 0. The maximum atomic E-state index is 8.01. The van der Waals surface area contributed by atoms with Gasteiger partial charge in [0.1, 0.15) is 0 Å². The number of hydrogen-bond donors (Lipinski definition) is 0. The fraction of sp³-hybridized carbons (Fsp3) is 0.200. The predicted molar refractivity (Wildman–Crippen MR) is 56.9 cm³/mol. The number of halogens is 1. The number of rotatable bonds is 2. The van der Waals surface area contributed by atoms with E-state index in [4.69, 9.17) is 17.1 Å². The second kappa shape index (κ2) is 5.93. The number of benzene rings is 1. The molecular formula is C10H8ClN3. The van der Waals surface area contributed by atoms with Crippen LogP contribution in [0.3, 0.4) is 0 Å². The zero-order valence-electron chi connectivity index (χ0n) is 7.44. The highest BCUT2D eigenvalue weighted by Crippen LogP contribution is 2.05. The van der Waals surface area contributed by atoms with Crippen LogP contribution in [0.4, 0.5) is 0 Å². The molecule has 1 aromatic carbocycles. The van der Waals surface area contributed by atoms with Crippen molar-refractivity contribution in [2.75, 3.05) is 6.54 Å². The maximum absolute atomic E-state index is 8.01. The molecule has 0 N–H and O–H groups in total. The molecule has 1 aromatic rings. The first-order chi connectivity index (χ1) is 6.86. The van der Waals surface area contributed by atoms with Crippen LogP contribution in [0.2, 0.25) is 0 Å². The lowest BCUT2D eigenvalue weighted by Crippen LogP contribution is -1.79. The van der Waals surface area contributed by atoms with Crippen LogP contribution in [0, 0.1) is 11.8 Å². The minimum absolute atomic E-state index is 0.202. The predicted octanol–water partition coefficient (Wildman–Crippen LogP) is 3.09. The van der Waals surface area contributed by atoms with Crippen LogP contribution in [0.5, 0.6) is 0 Å². The second-order valence-corrected chi connectivity index (χ2v) is 2.79. The monoisotopic (exact) mass is 205 g/mol. The van der Waals surface area contributed by atoms with Crippen LogP contribution in [0.1, 0.15) is 11.1 Å². The van der Waals surface area contributed by atoms with E-state index in [0.717, 1.165) is 11.1 Å². The van der Waals surface area contributed by atoms with E-state index in [9.17, 15) is 0 Å². The van der Waals surface area contributed by atoms with Crippen LogP contribution >= 0.6 is 11.6 Å². The van der Waals surface area contributed by atoms with Gasteiger partial charge in [0.2, 0.25) is 0 Å². The molecule has 0 aliphatic carbocycles. The molecule has 0 atom stereocenters. The summed E-state index contributed by atoms with van der Waals surface area (Å²) in [5.74, 6) is 6.12. The topological polar surface area (TPSA) is 48.8 Å². The summed E-state index contributed by atoms with van der Waals surface area (Å²) in [6, 6.07) is 7.62. The highest BCUT2D eigenvalue weighted by Gasteiger charge is 1.88. The van der Waals surface area contributed by atoms with Gasteiger partial charge >= 0.3 is 0 Å². The molecule has 0 aliphatic rings. The first-order valence-electron chi connectivity index (χ1n) is 4.01. The molecule has 70 valence electrons. The molecule has 0 aliphatic heterocycles. The van der Waals surface area contributed by atoms with Gasteiger partial charge in [0.05, 0.1) is 6.54 Å². The standard InChI is InChI=1S/C10H8ClN3/c11-8-10-5-3-9(4-6-10)2-1-7-13-14-12/h3-6H,7-8H2. The molecule has 3 nitrogen and oxygen atoms in total. The van der Waals surface area contributed by atoms with Crippen LogP contribution in [0.15, 0.2) is 29.4 Å². The maximum Gasteiger partial charge on any atom is 0.0880 e. The Morgan fingerprint density at radius 3 is 2.64 bits per heavy atom. The van der Waals surface area contributed by atoms with Crippen LogP contribution < -0.4 is 0 Å². The fourth-order valence-corrected chi connectivity index (χ4v) is 1.06. The molecule has 0 amide bonds. The highest BCUT2D eigenvalue weighted by molar-refractivity contribution is 6.17. The largest absolute Gasteiger partial charge is 0.122 e. The number of alkyl halides is 1. The fourth-order valence-electron chi connectivity index (χ4n) is 0.886. The average molecular weight is 206 g/mol. The zero-order chi connectivity index (χ0) is 10.2. The first kappa shape index (κ1) is 10.5. The molecular weight excluding hydrogens is 198 g/mol. The molecule has 0 fully saturated rings. The van der Waals surface area contributed by atoms with Crippen molar-refractivity contribution in [1.82, 2.24) is 0 Å². The number of hydrogen-bond acceptors (Lipinski definition) is 1. The summed E-state index contributed by atoms with van der Waals surface area (Å²) >= 11 is 5.63. The Labute approximate surface area is 87.3 Å². The van der Waals surface area contributed by atoms with E-state index < -0.39 is 0 Å². The van der Waals surface area contributed by atoms with E-state index in [-0.39, 0.29) is 6.54 Å². The van der Waals surface area contributed by atoms with E-state index in [1.54, 1.807) is 0 Å². The Morgan fingerprint density at radius 2 is 2.07 bits per heavy atom. The van der Waals surface area contributed by atoms with Crippen molar-refractivity contribution < 1.29 is 0 Å². The Balaban J connectivity index is 2.66. The highest BCUT2D eigenvalue weighted by atomic mass is 35.5. The summed E-state index contributed by atoms with van der Waals surface area (Å²) in [6.45, 7) is 0.202. The molecule has 0 radical (unpaired) electrons. The van der Waals surface area contributed by atoms with Gasteiger partial charge in [-0.2, -0.15) is 0 Å². The van der Waals surface area contributed by atoms with Crippen molar-refractivity contribution in [3.05, 3.63) is 45.8 Å². The molecule has 4 heteroatoms. The summed E-state index contributed by atoms with van der Waals surface area (Å²) in [4.78, 5) is 2.60. The van der Waals surface area contributed by atoms with Gasteiger partial charge in [-0.1, -0.05) is 29.1 Å². The Hall–Kier alpha value is -1.62. The molecule has 0 saturated carbocycles. The van der Waals surface area contributed by atoms with Crippen molar-refractivity contribution in [2.45, 2.75) is 5.88 Å². The molecule has 0 spiro atoms. The summed E-state index contributed by atoms with van der Waals surface area (Å²) in [5.41, 5.74) is 9.97. The van der Waals surface area contributed by atoms with Crippen LogP contribution in [-0.2, 0) is 5.88 Å². The molecule has 0 heterocycles. The van der Waals surface area contributed by atoms with Gasteiger partial charge in [-0.25, -0.2) is 0 Å². The summed E-state index contributed by atoms with van der Waals surface area (Å²) in [6.07, 6.45) is 0. The van der Waals surface area contributed by atoms with Gasteiger partial charge in [0.25, 0.3) is 0 Å². The van der Waals surface area contributed by atoms with E-state index in [0.29, 0.717) is 5.88 Å². The molecule has 0 unspecified atom stereocenters. The van der Waals surface area contributed by atoms with E-state index in [1.807, 2.05) is 24.3 Å². The van der Waals surface area contributed by atoms with Crippen molar-refractivity contribution in [3.63, 3.8) is 0 Å². The van der Waals surface area contributed by atoms with Gasteiger partial charge in [-0.15, -0.1) is 11.6 Å². The third-order valence-electron chi connectivity index (χ3n) is 1.55. The molecule has 0 saturated heterocycles. The summed E-state index contributed by atoms with van der Waals surface area (Å²) in [5, 5.41) is 3.31. The van der Waals surface area contributed by atoms with Gasteiger partial charge in [-0.05, 0) is 23.2 Å². The lowest BCUT2D eigenvalue weighted by molar-refractivity contribution is 1.25. The van der Waals surface area contributed by atoms with Gasteiger partial charge in [0, 0.05) is 16.4 Å². The molecule has 1 rings (SSSR count). The van der Waals surface area contributed by atoms with Crippen molar-refractivity contribution in [3.8, 4) is 11.8 Å². The quantitative estimate of drug-likeness (QED) is 0.234. The first-order valence-corrected chi connectivity index (χ1v) is 4.55. The minimum atomic E-state index is 0.202. The van der Waals surface area contributed by atoms with Gasteiger partial charge in [-0.3, -0.25) is 0 Å². The van der Waals surface area contributed by atoms with E-state index in [1.165, 1.54) is 0 Å². The third kappa shape index (κ3) is 3.40. The van der Waals surface area contributed by atoms with Crippen molar-refractivity contribution in [2.24, 2.45) is 5.11 Å². The van der Waals surface area contributed by atoms with Crippen LogP contribution in [0.25, 0.3) is 10.4 Å². The molecule has 0 bridgehead atoms. The number of nitrogens with zero attached hydrogens (tertiary/aromatic N) is 3. The molecule has 0 aromatic heterocycles. The zero-order valence-corrected chi connectivity index (χ0v) is 8.20. The SMILES string of the molecule is [N-]=[N+]=NCC#Cc1ccc(CCl)cc1. The van der Waals surface area contributed by atoms with E-state index >= 15 is 0 Å². The van der Waals surface area contributed by atoms with Crippen molar-refractivity contribution in [1.29, 1.82) is 0 Å². The lowest BCUT2D eigenvalue weighted by Gasteiger charge is -1.93. The third-order valence-corrected chi connectivity index (χ3v) is 1.86. The van der Waals surface area contributed by atoms with Crippen LogP contribution in [-0.4, -0.2) is 6.54 Å². The normalized spacial score (nSPS) is 8.36.